The summed E-state index contributed by atoms with van der Waals surface area (Å²) in [6, 6.07) is 16.9. The molecule has 100 valence electrons. The topological polar surface area (TPSA) is 34.2 Å². The van der Waals surface area contributed by atoms with Crippen LogP contribution in [0.2, 0.25) is 0 Å². The summed E-state index contributed by atoms with van der Waals surface area (Å²) in [5, 5.41) is 1.23. The minimum atomic E-state index is -0.198. The lowest BCUT2D eigenvalue weighted by atomic mass is 10.0. The summed E-state index contributed by atoms with van der Waals surface area (Å²) in [5.41, 5.74) is 4.67. The van der Waals surface area contributed by atoms with Crippen LogP contribution in [0.5, 0.6) is 0 Å². The van der Waals surface area contributed by atoms with Gasteiger partial charge in [-0.3, -0.25) is 0 Å². The first-order chi connectivity index (χ1) is 9.90. The van der Waals surface area contributed by atoms with E-state index in [0.29, 0.717) is 13.2 Å². The molecule has 3 nitrogen and oxygen atoms in total. The first kappa shape index (κ1) is 11.7. The number of benzene rings is 2. The molecule has 0 spiro atoms. The highest BCUT2D eigenvalue weighted by Crippen LogP contribution is 2.28. The number of aromatic nitrogens is 1. The molecule has 0 aliphatic carbocycles. The van der Waals surface area contributed by atoms with Gasteiger partial charge in [0.25, 0.3) is 0 Å². The summed E-state index contributed by atoms with van der Waals surface area (Å²) in [5.74, 6) is 0. The van der Waals surface area contributed by atoms with Crippen molar-refractivity contribution in [3.8, 4) is 11.1 Å². The molecule has 0 atom stereocenters. The molecular formula is C17H15NO2. The van der Waals surface area contributed by atoms with Gasteiger partial charge in [0, 0.05) is 17.3 Å². The number of H-pyrrole nitrogens is 1. The zero-order valence-electron chi connectivity index (χ0n) is 11.0. The van der Waals surface area contributed by atoms with E-state index in [1.165, 1.54) is 16.5 Å². The molecule has 1 aromatic heterocycles. The summed E-state index contributed by atoms with van der Waals surface area (Å²) >= 11 is 0. The van der Waals surface area contributed by atoms with Gasteiger partial charge in [-0.05, 0) is 34.7 Å². The molecule has 2 aromatic carbocycles. The number of aromatic amines is 1. The Bertz CT molecular complexity index is 724. The van der Waals surface area contributed by atoms with Crippen molar-refractivity contribution in [2.45, 2.75) is 6.29 Å². The van der Waals surface area contributed by atoms with Gasteiger partial charge < -0.3 is 14.5 Å². The molecule has 4 rings (SSSR count). The van der Waals surface area contributed by atoms with Gasteiger partial charge in [-0.2, -0.15) is 0 Å². The molecule has 1 aliphatic heterocycles. The highest BCUT2D eigenvalue weighted by atomic mass is 16.7. The van der Waals surface area contributed by atoms with Crippen molar-refractivity contribution in [1.82, 2.24) is 4.98 Å². The molecule has 1 N–H and O–H groups in total. The number of hydrogen-bond acceptors (Lipinski definition) is 2. The third kappa shape index (κ3) is 2.01. The number of hydrogen-bond donors (Lipinski definition) is 1. The Morgan fingerprint density at radius 2 is 1.60 bits per heavy atom. The van der Waals surface area contributed by atoms with E-state index in [1.54, 1.807) is 0 Å². The van der Waals surface area contributed by atoms with Gasteiger partial charge in [0.1, 0.15) is 0 Å². The van der Waals surface area contributed by atoms with Crippen molar-refractivity contribution < 1.29 is 9.47 Å². The fourth-order valence-corrected chi connectivity index (χ4v) is 2.62. The van der Waals surface area contributed by atoms with Gasteiger partial charge in [0.2, 0.25) is 0 Å². The number of rotatable bonds is 2. The normalized spacial score (nSPS) is 16.0. The maximum Gasteiger partial charge on any atom is 0.184 e. The number of nitrogens with one attached hydrogen (secondary N) is 1. The van der Waals surface area contributed by atoms with Crippen LogP contribution < -0.4 is 0 Å². The fourth-order valence-electron chi connectivity index (χ4n) is 2.62. The van der Waals surface area contributed by atoms with Gasteiger partial charge in [0.05, 0.1) is 13.2 Å². The summed E-state index contributed by atoms with van der Waals surface area (Å²) in [7, 11) is 0. The summed E-state index contributed by atoms with van der Waals surface area (Å²) in [4.78, 5) is 3.21. The van der Waals surface area contributed by atoms with Crippen molar-refractivity contribution in [1.29, 1.82) is 0 Å². The van der Waals surface area contributed by atoms with Crippen molar-refractivity contribution in [2.75, 3.05) is 13.2 Å². The Morgan fingerprint density at radius 1 is 0.850 bits per heavy atom. The maximum atomic E-state index is 5.51. The van der Waals surface area contributed by atoms with E-state index in [4.69, 9.17) is 9.47 Å². The van der Waals surface area contributed by atoms with E-state index in [-0.39, 0.29) is 6.29 Å². The zero-order chi connectivity index (χ0) is 13.4. The van der Waals surface area contributed by atoms with E-state index in [0.717, 1.165) is 11.1 Å². The van der Waals surface area contributed by atoms with E-state index in [9.17, 15) is 0 Å². The van der Waals surface area contributed by atoms with Gasteiger partial charge >= 0.3 is 0 Å². The molecule has 2 heterocycles. The van der Waals surface area contributed by atoms with Crippen LogP contribution >= 0.6 is 0 Å². The van der Waals surface area contributed by atoms with Crippen LogP contribution in [-0.2, 0) is 9.47 Å². The molecule has 3 heteroatoms. The maximum absolute atomic E-state index is 5.51. The molecule has 0 saturated carbocycles. The van der Waals surface area contributed by atoms with Gasteiger partial charge in [-0.1, -0.05) is 30.3 Å². The lowest BCUT2D eigenvalue weighted by Gasteiger charge is -2.10. The van der Waals surface area contributed by atoms with E-state index in [2.05, 4.69) is 53.5 Å². The standard InChI is InChI=1S/C17H15NO2/c1-3-13(17-19-9-10-20-17)4-2-12(1)14-5-6-16-15(11-14)7-8-18-16/h1-8,11,17-18H,9-10H2. The monoisotopic (exact) mass is 265 g/mol. The molecular weight excluding hydrogens is 250 g/mol. The molecule has 0 amide bonds. The smallest absolute Gasteiger partial charge is 0.184 e. The third-order valence-electron chi connectivity index (χ3n) is 3.69. The molecule has 1 aliphatic rings. The Hall–Kier alpha value is -2.10. The van der Waals surface area contributed by atoms with Crippen molar-refractivity contribution in [3.05, 3.63) is 60.3 Å². The summed E-state index contributed by atoms with van der Waals surface area (Å²) in [6.07, 6.45) is 1.77. The highest BCUT2D eigenvalue weighted by Gasteiger charge is 2.17. The lowest BCUT2D eigenvalue weighted by molar-refractivity contribution is -0.0441. The first-order valence-corrected chi connectivity index (χ1v) is 6.81. The van der Waals surface area contributed by atoms with Gasteiger partial charge in [-0.15, -0.1) is 0 Å². The minimum Gasteiger partial charge on any atom is -0.361 e. The van der Waals surface area contributed by atoms with Crippen molar-refractivity contribution in [2.24, 2.45) is 0 Å². The molecule has 20 heavy (non-hydrogen) atoms. The summed E-state index contributed by atoms with van der Waals surface area (Å²) < 4.78 is 11.0. The Labute approximate surface area is 117 Å². The molecule has 1 saturated heterocycles. The Morgan fingerprint density at radius 3 is 2.40 bits per heavy atom. The minimum absolute atomic E-state index is 0.198. The second-order valence-electron chi connectivity index (χ2n) is 4.98. The third-order valence-corrected chi connectivity index (χ3v) is 3.69. The number of fused-ring (bicyclic) bond motifs is 1. The molecule has 1 fully saturated rings. The Kier molecular flexibility index (Phi) is 2.80. The molecule has 0 radical (unpaired) electrons. The largest absolute Gasteiger partial charge is 0.361 e. The van der Waals surface area contributed by atoms with Gasteiger partial charge in [-0.25, -0.2) is 0 Å². The average Bonchev–Trinajstić information content (AvgIpc) is 3.18. The van der Waals surface area contributed by atoms with Crippen LogP contribution in [0.25, 0.3) is 22.0 Å². The van der Waals surface area contributed by atoms with Crippen LogP contribution in [0.15, 0.2) is 54.7 Å². The van der Waals surface area contributed by atoms with Crippen LogP contribution in [0, 0.1) is 0 Å². The van der Waals surface area contributed by atoms with Crippen LogP contribution in [0.4, 0.5) is 0 Å². The van der Waals surface area contributed by atoms with Crippen LogP contribution in [0.1, 0.15) is 11.9 Å². The van der Waals surface area contributed by atoms with Gasteiger partial charge in [0.15, 0.2) is 6.29 Å². The lowest BCUT2D eigenvalue weighted by Crippen LogP contribution is -1.97. The van der Waals surface area contributed by atoms with Crippen LogP contribution in [-0.4, -0.2) is 18.2 Å². The molecule has 3 aromatic rings. The first-order valence-electron chi connectivity index (χ1n) is 6.81. The molecule has 0 unspecified atom stereocenters. The zero-order valence-corrected chi connectivity index (χ0v) is 11.0. The van der Waals surface area contributed by atoms with E-state index >= 15 is 0 Å². The predicted molar refractivity (Wildman–Crippen MR) is 78.4 cm³/mol. The average molecular weight is 265 g/mol. The molecule has 0 bridgehead atoms. The van der Waals surface area contributed by atoms with Crippen molar-refractivity contribution in [3.63, 3.8) is 0 Å². The Balaban J connectivity index is 1.67. The fraction of sp³-hybridized carbons (Fsp3) is 0.176. The SMILES string of the molecule is c1cc2cc(-c3ccc(C4OCCO4)cc3)ccc2[nH]1. The number of ether oxygens (including phenoxy) is 2. The second-order valence-corrected chi connectivity index (χ2v) is 4.98. The second kappa shape index (κ2) is 4.78. The van der Waals surface area contributed by atoms with E-state index in [1.807, 2.05) is 6.20 Å². The summed E-state index contributed by atoms with van der Waals surface area (Å²) in [6.45, 7) is 1.35. The quantitative estimate of drug-likeness (QED) is 0.763. The predicted octanol–water partition coefficient (Wildman–Crippen LogP) is 3.88. The van der Waals surface area contributed by atoms with Crippen LogP contribution in [0.3, 0.4) is 0 Å². The van der Waals surface area contributed by atoms with E-state index < -0.39 is 0 Å². The van der Waals surface area contributed by atoms with Crippen molar-refractivity contribution >= 4 is 10.9 Å². The highest BCUT2D eigenvalue weighted by molar-refractivity contribution is 5.85.